The number of benzene rings is 2. The Morgan fingerprint density at radius 3 is 2.33 bits per heavy atom. The average molecular weight is 326 g/mol. The van der Waals surface area contributed by atoms with Gasteiger partial charge in [0.05, 0.1) is 25.3 Å². The Labute approximate surface area is 142 Å². The van der Waals surface area contributed by atoms with Crippen LogP contribution in [0.5, 0.6) is 17.2 Å². The van der Waals surface area contributed by atoms with Crippen LogP contribution in [-0.2, 0) is 6.61 Å². The first-order valence-corrected chi connectivity index (χ1v) is 8.04. The molecule has 0 bridgehead atoms. The summed E-state index contributed by atoms with van der Waals surface area (Å²) in [5.74, 6) is 3.18. The number of nitrogens with one attached hydrogen (secondary N) is 1. The van der Waals surface area contributed by atoms with Crippen LogP contribution in [0.1, 0.15) is 17.5 Å². The molecule has 1 aliphatic rings. The van der Waals surface area contributed by atoms with Gasteiger partial charge in [-0.05, 0) is 30.7 Å². The van der Waals surface area contributed by atoms with Crippen LogP contribution < -0.4 is 19.5 Å². The molecule has 0 atom stereocenters. The molecule has 0 aliphatic carbocycles. The topological polar surface area (TPSA) is 52.1 Å². The molecule has 5 nitrogen and oxygen atoms in total. The molecule has 126 valence electrons. The standard InChI is InChI=1S/C19H22N2O3/c1-22-16-9-5-10-17(23-2)15(16)13-24-18-8-4-3-7-14(18)19-20-11-6-12-21-19/h3-5,7-10H,6,11-13H2,1-2H3,(H,20,21). The second-order valence-corrected chi connectivity index (χ2v) is 5.44. The molecule has 0 amide bonds. The van der Waals surface area contributed by atoms with E-state index in [0.717, 1.165) is 53.7 Å². The fourth-order valence-electron chi connectivity index (χ4n) is 2.72. The fraction of sp³-hybridized carbons (Fsp3) is 0.316. The molecule has 1 N–H and O–H groups in total. The normalized spacial score (nSPS) is 13.7. The molecule has 0 spiro atoms. The zero-order chi connectivity index (χ0) is 16.8. The lowest BCUT2D eigenvalue weighted by molar-refractivity contribution is 0.286. The highest BCUT2D eigenvalue weighted by Crippen LogP contribution is 2.30. The van der Waals surface area contributed by atoms with Gasteiger partial charge < -0.3 is 19.5 Å². The highest BCUT2D eigenvalue weighted by atomic mass is 16.5. The van der Waals surface area contributed by atoms with Gasteiger partial charge in [-0.15, -0.1) is 0 Å². The van der Waals surface area contributed by atoms with E-state index in [2.05, 4.69) is 10.3 Å². The molecule has 3 rings (SSSR count). The van der Waals surface area contributed by atoms with E-state index in [0.29, 0.717) is 6.61 Å². The minimum Gasteiger partial charge on any atom is -0.496 e. The van der Waals surface area contributed by atoms with Gasteiger partial charge in [0, 0.05) is 13.1 Å². The van der Waals surface area contributed by atoms with Crippen LogP contribution in [0.3, 0.4) is 0 Å². The smallest absolute Gasteiger partial charge is 0.132 e. The van der Waals surface area contributed by atoms with Crippen molar-refractivity contribution in [2.45, 2.75) is 13.0 Å². The monoisotopic (exact) mass is 326 g/mol. The number of para-hydroxylation sites is 1. The maximum Gasteiger partial charge on any atom is 0.132 e. The number of aliphatic imine (C=N–C) groups is 1. The molecule has 24 heavy (non-hydrogen) atoms. The lowest BCUT2D eigenvalue weighted by atomic mass is 10.1. The minimum absolute atomic E-state index is 0.359. The lowest BCUT2D eigenvalue weighted by Crippen LogP contribution is -2.30. The third-order valence-electron chi connectivity index (χ3n) is 3.94. The van der Waals surface area contributed by atoms with Gasteiger partial charge in [0.1, 0.15) is 29.7 Å². The van der Waals surface area contributed by atoms with Crippen LogP contribution in [0.25, 0.3) is 0 Å². The number of methoxy groups -OCH3 is 2. The largest absolute Gasteiger partial charge is 0.496 e. The summed E-state index contributed by atoms with van der Waals surface area (Å²) in [5, 5.41) is 3.34. The Bertz CT molecular complexity index is 706. The number of ether oxygens (including phenoxy) is 3. The number of rotatable bonds is 6. The summed E-state index contributed by atoms with van der Waals surface area (Å²) >= 11 is 0. The summed E-state index contributed by atoms with van der Waals surface area (Å²) in [7, 11) is 3.29. The summed E-state index contributed by atoms with van der Waals surface area (Å²) in [6, 6.07) is 13.6. The van der Waals surface area contributed by atoms with Crippen molar-refractivity contribution < 1.29 is 14.2 Å². The first-order chi connectivity index (χ1) is 11.8. The molecule has 5 heteroatoms. The van der Waals surface area contributed by atoms with E-state index in [4.69, 9.17) is 14.2 Å². The van der Waals surface area contributed by atoms with Crippen molar-refractivity contribution in [3.63, 3.8) is 0 Å². The van der Waals surface area contributed by atoms with Crippen molar-refractivity contribution in [3.8, 4) is 17.2 Å². The highest BCUT2D eigenvalue weighted by molar-refractivity contribution is 6.01. The maximum atomic E-state index is 6.08. The Balaban J connectivity index is 1.84. The zero-order valence-corrected chi connectivity index (χ0v) is 14.0. The van der Waals surface area contributed by atoms with Crippen molar-refractivity contribution in [2.75, 3.05) is 27.3 Å². The number of hydrogen-bond donors (Lipinski definition) is 1. The molecule has 0 saturated carbocycles. The number of nitrogens with zero attached hydrogens (tertiary/aromatic N) is 1. The average Bonchev–Trinajstić information content (AvgIpc) is 2.67. The van der Waals surface area contributed by atoms with Gasteiger partial charge in [-0.25, -0.2) is 0 Å². The van der Waals surface area contributed by atoms with Crippen LogP contribution >= 0.6 is 0 Å². The Hall–Kier alpha value is -2.69. The minimum atomic E-state index is 0.359. The van der Waals surface area contributed by atoms with Gasteiger partial charge in [0.25, 0.3) is 0 Å². The van der Waals surface area contributed by atoms with Crippen molar-refractivity contribution in [2.24, 2.45) is 4.99 Å². The summed E-state index contributed by atoms with van der Waals surface area (Å²) in [4.78, 5) is 4.56. The van der Waals surface area contributed by atoms with E-state index < -0.39 is 0 Å². The van der Waals surface area contributed by atoms with Crippen molar-refractivity contribution >= 4 is 5.84 Å². The van der Waals surface area contributed by atoms with E-state index in [1.165, 1.54) is 0 Å². The summed E-state index contributed by atoms with van der Waals surface area (Å²) < 4.78 is 16.9. The molecule has 0 aromatic heterocycles. The number of amidine groups is 1. The fourth-order valence-corrected chi connectivity index (χ4v) is 2.72. The summed E-state index contributed by atoms with van der Waals surface area (Å²) in [6.45, 7) is 2.14. The first-order valence-electron chi connectivity index (χ1n) is 8.04. The van der Waals surface area contributed by atoms with E-state index >= 15 is 0 Å². The van der Waals surface area contributed by atoms with E-state index in [9.17, 15) is 0 Å². The van der Waals surface area contributed by atoms with E-state index in [1.807, 2.05) is 42.5 Å². The summed E-state index contributed by atoms with van der Waals surface area (Å²) in [6.07, 6.45) is 1.06. The SMILES string of the molecule is COc1cccc(OC)c1COc1ccccc1C1=NCCCN1. The van der Waals surface area contributed by atoms with Gasteiger partial charge in [-0.2, -0.15) is 0 Å². The van der Waals surface area contributed by atoms with Crippen molar-refractivity contribution in [1.29, 1.82) is 0 Å². The molecule has 0 unspecified atom stereocenters. The molecule has 2 aromatic rings. The molecular weight excluding hydrogens is 304 g/mol. The second kappa shape index (κ2) is 7.73. The van der Waals surface area contributed by atoms with Gasteiger partial charge in [0.2, 0.25) is 0 Å². The van der Waals surface area contributed by atoms with Gasteiger partial charge in [0.15, 0.2) is 0 Å². The second-order valence-electron chi connectivity index (χ2n) is 5.44. The van der Waals surface area contributed by atoms with E-state index in [1.54, 1.807) is 14.2 Å². The van der Waals surface area contributed by atoms with Crippen LogP contribution in [0.4, 0.5) is 0 Å². The molecular formula is C19H22N2O3. The number of hydrogen-bond acceptors (Lipinski definition) is 5. The predicted octanol–water partition coefficient (Wildman–Crippen LogP) is 3.02. The van der Waals surface area contributed by atoms with E-state index in [-0.39, 0.29) is 0 Å². The molecule has 0 fully saturated rings. The van der Waals surface area contributed by atoms with Gasteiger partial charge >= 0.3 is 0 Å². The molecule has 2 aromatic carbocycles. The Morgan fingerprint density at radius 2 is 1.67 bits per heavy atom. The van der Waals surface area contributed by atoms with Crippen molar-refractivity contribution in [1.82, 2.24) is 5.32 Å². The molecule has 1 aliphatic heterocycles. The quantitative estimate of drug-likeness (QED) is 0.886. The third-order valence-corrected chi connectivity index (χ3v) is 3.94. The molecule has 0 radical (unpaired) electrons. The maximum absolute atomic E-state index is 6.08. The predicted molar refractivity (Wildman–Crippen MR) is 94.3 cm³/mol. The van der Waals surface area contributed by atoms with Gasteiger partial charge in [-0.1, -0.05) is 18.2 Å². The molecule has 0 saturated heterocycles. The van der Waals surface area contributed by atoms with Crippen LogP contribution in [0.2, 0.25) is 0 Å². The highest BCUT2D eigenvalue weighted by Gasteiger charge is 2.15. The third kappa shape index (κ3) is 3.45. The van der Waals surface area contributed by atoms with Crippen molar-refractivity contribution in [3.05, 3.63) is 53.6 Å². The summed E-state index contributed by atoms with van der Waals surface area (Å²) in [5.41, 5.74) is 1.86. The van der Waals surface area contributed by atoms with Crippen LogP contribution in [0.15, 0.2) is 47.5 Å². The Morgan fingerprint density at radius 1 is 0.958 bits per heavy atom. The molecule has 1 heterocycles. The zero-order valence-electron chi connectivity index (χ0n) is 14.0. The van der Waals surface area contributed by atoms with Gasteiger partial charge in [-0.3, -0.25) is 4.99 Å². The lowest BCUT2D eigenvalue weighted by Gasteiger charge is -2.19. The Kier molecular flexibility index (Phi) is 5.21. The van der Waals surface area contributed by atoms with Crippen LogP contribution in [0, 0.1) is 0 Å². The van der Waals surface area contributed by atoms with Crippen LogP contribution in [-0.4, -0.2) is 33.1 Å². The first kappa shape index (κ1) is 16.2.